The lowest BCUT2D eigenvalue weighted by atomic mass is 10.2. The van der Waals surface area contributed by atoms with Crippen molar-refractivity contribution in [3.05, 3.63) is 35.1 Å². The zero-order chi connectivity index (χ0) is 18.7. The average Bonchev–Trinajstić information content (AvgIpc) is 3.30. The molecule has 0 aliphatic rings. The van der Waals surface area contributed by atoms with Crippen molar-refractivity contribution in [2.75, 3.05) is 14.2 Å². The van der Waals surface area contributed by atoms with Crippen LogP contribution in [0.25, 0.3) is 10.6 Å². The molecule has 2 heterocycles. The Bertz CT molecular complexity index is 922. The van der Waals surface area contributed by atoms with Gasteiger partial charge < -0.3 is 14.8 Å². The molecule has 136 valence electrons. The van der Waals surface area contributed by atoms with Gasteiger partial charge in [0, 0.05) is 18.0 Å². The monoisotopic (exact) mass is 374 g/mol. The lowest BCUT2D eigenvalue weighted by Gasteiger charge is -2.10. The topological polar surface area (TPSA) is 104 Å². The molecule has 0 fully saturated rings. The number of hydrogen-bond donors (Lipinski definition) is 1. The van der Waals surface area contributed by atoms with Crippen molar-refractivity contribution in [2.45, 2.75) is 13.0 Å². The number of ether oxygens (including phenoxy) is 2. The Hall–Kier alpha value is -3.01. The van der Waals surface area contributed by atoms with Gasteiger partial charge in [0.25, 0.3) is 5.91 Å². The SMILES string of the molecule is COc1ccc(-c2nc(C(=O)NC(C)c3nnnn3C)cs2)cc1OC. The molecule has 2 aromatic heterocycles. The molecule has 0 saturated carbocycles. The molecule has 1 aromatic carbocycles. The zero-order valence-corrected chi connectivity index (χ0v) is 15.6. The highest BCUT2D eigenvalue weighted by molar-refractivity contribution is 7.13. The molecule has 1 atom stereocenters. The van der Waals surface area contributed by atoms with Gasteiger partial charge in [-0.15, -0.1) is 16.4 Å². The molecule has 3 rings (SSSR count). The summed E-state index contributed by atoms with van der Waals surface area (Å²) >= 11 is 1.38. The van der Waals surface area contributed by atoms with Gasteiger partial charge in [0.15, 0.2) is 17.3 Å². The van der Waals surface area contributed by atoms with E-state index in [2.05, 4.69) is 25.8 Å². The number of carbonyl (C=O) groups excluding carboxylic acids is 1. The fourth-order valence-corrected chi connectivity index (χ4v) is 3.22. The summed E-state index contributed by atoms with van der Waals surface area (Å²) in [6.07, 6.45) is 0. The van der Waals surface area contributed by atoms with E-state index in [0.29, 0.717) is 28.0 Å². The van der Waals surface area contributed by atoms with E-state index in [0.717, 1.165) is 5.56 Å². The molecule has 1 unspecified atom stereocenters. The number of tetrazole rings is 1. The van der Waals surface area contributed by atoms with Crippen LogP contribution in [-0.4, -0.2) is 45.3 Å². The summed E-state index contributed by atoms with van der Waals surface area (Å²) in [5.74, 6) is 1.52. The van der Waals surface area contributed by atoms with E-state index in [-0.39, 0.29) is 11.9 Å². The Kier molecular flexibility index (Phi) is 5.12. The highest BCUT2D eigenvalue weighted by Gasteiger charge is 2.19. The number of nitrogens with one attached hydrogen (secondary N) is 1. The highest BCUT2D eigenvalue weighted by Crippen LogP contribution is 2.33. The third kappa shape index (κ3) is 3.49. The molecule has 9 nitrogen and oxygen atoms in total. The second-order valence-corrected chi connectivity index (χ2v) is 6.32. The number of benzene rings is 1. The number of thiazole rings is 1. The second kappa shape index (κ2) is 7.48. The number of rotatable bonds is 6. The Balaban J connectivity index is 1.77. The Morgan fingerprint density at radius 3 is 2.69 bits per heavy atom. The fraction of sp³-hybridized carbons (Fsp3) is 0.312. The molecule has 10 heteroatoms. The first kappa shape index (κ1) is 17.8. The van der Waals surface area contributed by atoms with Crippen LogP contribution in [0, 0.1) is 0 Å². The van der Waals surface area contributed by atoms with Crippen molar-refractivity contribution in [3.63, 3.8) is 0 Å². The van der Waals surface area contributed by atoms with Crippen LogP contribution >= 0.6 is 11.3 Å². The number of aromatic nitrogens is 5. The summed E-state index contributed by atoms with van der Waals surface area (Å²) in [6.45, 7) is 1.81. The van der Waals surface area contributed by atoms with Crippen LogP contribution in [0.2, 0.25) is 0 Å². The Morgan fingerprint density at radius 1 is 1.27 bits per heavy atom. The van der Waals surface area contributed by atoms with Crippen molar-refractivity contribution in [3.8, 4) is 22.1 Å². The van der Waals surface area contributed by atoms with Crippen LogP contribution in [0.5, 0.6) is 11.5 Å². The van der Waals surface area contributed by atoms with Gasteiger partial charge in [-0.1, -0.05) is 0 Å². The summed E-state index contributed by atoms with van der Waals surface area (Å²) in [7, 11) is 4.87. The minimum atomic E-state index is -0.339. The number of methoxy groups -OCH3 is 2. The molecule has 3 aromatic rings. The Morgan fingerprint density at radius 2 is 2.04 bits per heavy atom. The highest BCUT2D eigenvalue weighted by atomic mass is 32.1. The van der Waals surface area contributed by atoms with Gasteiger partial charge in [0.1, 0.15) is 10.7 Å². The van der Waals surface area contributed by atoms with Gasteiger partial charge in [-0.25, -0.2) is 9.67 Å². The van der Waals surface area contributed by atoms with Gasteiger partial charge in [-0.2, -0.15) is 0 Å². The zero-order valence-electron chi connectivity index (χ0n) is 14.8. The molecule has 0 aliphatic carbocycles. The van der Waals surface area contributed by atoms with Crippen LogP contribution < -0.4 is 14.8 Å². The summed E-state index contributed by atoms with van der Waals surface area (Å²) < 4.78 is 12.1. The number of carbonyl (C=O) groups is 1. The molecule has 0 aliphatic heterocycles. The molecule has 0 bridgehead atoms. The summed E-state index contributed by atoms with van der Waals surface area (Å²) in [5.41, 5.74) is 1.18. The van der Waals surface area contributed by atoms with E-state index in [9.17, 15) is 4.79 Å². The lowest BCUT2D eigenvalue weighted by molar-refractivity contribution is 0.0933. The molecule has 1 N–H and O–H groups in total. The first-order valence-corrected chi connectivity index (χ1v) is 8.62. The maximum Gasteiger partial charge on any atom is 0.271 e. The van der Waals surface area contributed by atoms with Gasteiger partial charge in [-0.3, -0.25) is 4.79 Å². The number of hydrogen-bond acceptors (Lipinski definition) is 8. The van der Waals surface area contributed by atoms with Crippen molar-refractivity contribution >= 4 is 17.2 Å². The van der Waals surface area contributed by atoms with E-state index in [1.807, 2.05) is 19.1 Å². The fourth-order valence-electron chi connectivity index (χ4n) is 2.42. The molecule has 26 heavy (non-hydrogen) atoms. The maximum absolute atomic E-state index is 12.4. The largest absolute Gasteiger partial charge is 0.493 e. The number of nitrogens with zero attached hydrogens (tertiary/aromatic N) is 5. The van der Waals surface area contributed by atoms with Crippen LogP contribution in [0.3, 0.4) is 0 Å². The van der Waals surface area contributed by atoms with Gasteiger partial charge >= 0.3 is 0 Å². The van der Waals surface area contributed by atoms with Crippen molar-refractivity contribution in [1.29, 1.82) is 0 Å². The second-order valence-electron chi connectivity index (χ2n) is 5.46. The quantitative estimate of drug-likeness (QED) is 0.702. The lowest BCUT2D eigenvalue weighted by Crippen LogP contribution is -2.28. The summed E-state index contributed by atoms with van der Waals surface area (Å²) in [5, 5.41) is 16.5. The maximum atomic E-state index is 12.4. The predicted octanol–water partition coefficient (Wildman–Crippen LogP) is 1.84. The van der Waals surface area contributed by atoms with Gasteiger partial charge in [0.05, 0.1) is 20.3 Å². The van der Waals surface area contributed by atoms with E-state index >= 15 is 0 Å². The number of aryl methyl sites for hydroxylation is 1. The molecule has 0 radical (unpaired) electrons. The van der Waals surface area contributed by atoms with Crippen LogP contribution in [0.1, 0.15) is 29.3 Å². The summed E-state index contributed by atoms with van der Waals surface area (Å²) in [6, 6.07) is 5.16. The molecular formula is C16H18N6O3S. The molecule has 0 spiro atoms. The van der Waals surface area contributed by atoms with Crippen LogP contribution in [-0.2, 0) is 7.05 Å². The third-order valence-electron chi connectivity index (χ3n) is 3.76. The standard InChI is InChI=1S/C16H18N6O3S/c1-9(14-19-20-21-22(14)2)17-15(23)11-8-26-16(18-11)10-5-6-12(24-3)13(7-10)25-4/h5-9H,1-4H3,(H,17,23). The molecule has 0 saturated heterocycles. The smallest absolute Gasteiger partial charge is 0.271 e. The molecular weight excluding hydrogens is 356 g/mol. The minimum absolute atomic E-state index is 0.288. The molecule has 1 amide bonds. The van der Waals surface area contributed by atoms with Crippen molar-refractivity contribution in [2.24, 2.45) is 7.05 Å². The first-order valence-electron chi connectivity index (χ1n) is 7.74. The van der Waals surface area contributed by atoms with E-state index in [1.165, 1.54) is 16.0 Å². The van der Waals surface area contributed by atoms with Gasteiger partial charge in [0.2, 0.25) is 0 Å². The Labute approximate surface area is 154 Å². The van der Waals surface area contributed by atoms with Crippen molar-refractivity contribution < 1.29 is 14.3 Å². The third-order valence-corrected chi connectivity index (χ3v) is 4.65. The predicted molar refractivity (Wildman–Crippen MR) is 95.3 cm³/mol. The van der Waals surface area contributed by atoms with Gasteiger partial charge in [-0.05, 0) is 35.5 Å². The van der Waals surface area contributed by atoms with E-state index in [4.69, 9.17) is 9.47 Å². The van der Waals surface area contributed by atoms with Crippen LogP contribution in [0.15, 0.2) is 23.6 Å². The summed E-state index contributed by atoms with van der Waals surface area (Å²) in [4.78, 5) is 16.9. The van der Waals surface area contributed by atoms with Crippen molar-refractivity contribution in [1.82, 2.24) is 30.5 Å². The minimum Gasteiger partial charge on any atom is -0.493 e. The van der Waals surface area contributed by atoms with E-state index < -0.39 is 0 Å². The number of amides is 1. The van der Waals surface area contributed by atoms with E-state index in [1.54, 1.807) is 32.7 Å². The average molecular weight is 374 g/mol. The van der Waals surface area contributed by atoms with Crippen LogP contribution in [0.4, 0.5) is 0 Å². The first-order chi connectivity index (χ1) is 12.5. The normalized spacial score (nSPS) is 11.8.